The van der Waals surface area contributed by atoms with Gasteiger partial charge in [0.25, 0.3) is 0 Å². The van der Waals surface area contributed by atoms with Crippen LogP contribution in [0.3, 0.4) is 0 Å². The molecule has 0 aromatic heterocycles. The largest absolute Gasteiger partial charge is 0.378 e. The number of nitrogens with zero attached hydrogens (tertiary/aromatic N) is 2. The molecule has 2 N–H and O–H groups in total. The number of nitrogens with one attached hydrogen (secondary N) is 2. The lowest BCUT2D eigenvalue weighted by Gasteiger charge is -2.32. The van der Waals surface area contributed by atoms with Crippen LogP contribution in [0.5, 0.6) is 0 Å². The van der Waals surface area contributed by atoms with E-state index < -0.39 is 0 Å². The second-order valence-corrected chi connectivity index (χ2v) is 7.96. The zero-order chi connectivity index (χ0) is 19.2. The maximum absolute atomic E-state index is 6.01. The molecule has 0 spiro atoms. The Kier molecular flexibility index (Phi) is 15.1. The molecule has 1 aliphatic carbocycles. The van der Waals surface area contributed by atoms with E-state index in [0.717, 1.165) is 58.1 Å². The van der Waals surface area contributed by atoms with Crippen LogP contribution in [0.15, 0.2) is 17.6 Å². The molecule has 164 valence electrons. The van der Waals surface area contributed by atoms with Gasteiger partial charge in [0, 0.05) is 45.4 Å². The van der Waals surface area contributed by atoms with E-state index in [-0.39, 0.29) is 24.0 Å². The van der Waals surface area contributed by atoms with Crippen LogP contribution in [0.1, 0.15) is 71.1 Å². The molecule has 0 amide bonds. The van der Waals surface area contributed by atoms with Gasteiger partial charge in [0.1, 0.15) is 0 Å². The van der Waals surface area contributed by atoms with Crippen LogP contribution in [0.25, 0.3) is 0 Å². The third-order valence-electron chi connectivity index (χ3n) is 5.64. The second-order valence-electron chi connectivity index (χ2n) is 7.96. The average molecular weight is 507 g/mol. The van der Waals surface area contributed by atoms with E-state index in [1.165, 1.54) is 51.4 Å². The molecule has 28 heavy (non-hydrogen) atoms. The van der Waals surface area contributed by atoms with Crippen molar-refractivity contribution in [1.29, 1.82) is 0 Å². The van der Waals surface area contributed by atoms with Crippen molar-refractivity contribution in [1.82, 2.24) is 15.5 Å². The number of aliphatic imine (C=N–C) groups is 1. The topological polar surface area (TPSA) is 48.9 Å². The third-order valence-corrected chi connectivity index (χ3v) is 5.64. The quantitative estimate of drug-likeness (QED) is 0.144. The second kappa shape index (κ2) is 16.5. The Morgan fingerprint density at radius 3 is 2.54 bits per heavy atom. The summed E-state index contributed by atoms with van der Waals surface area (Å²) in [6, 6.07) is 0.535. The van der Waals surface area contributed by atoms with Gasteiger partial charge in [-0.25, -0.2) is 0 Å². The first kappa shape index (κ1) is 25.7. The van der Waals surface area contributed by atoms with Crippen LogP contribution in [-0.4, -0.2) is 62.3 Å². The number of likely N-dealkylation sites (tertiary alicyclic amines) is 1. The van der Waals surface area contributed by atoms with E-state index in [9.17, 15) is 0 Å². The van der Waals surface area contributed by atoms with Crippen molar-refractivity contribution in [2.24, 2.45) is 4.99 Å². The molecule has 1 saturated carbocycles. The maximum Gasteiger partial charge on any atom is 0.191 e. The van der Waals surface area contributed by atoms with Gasteiger partial charge in [-0.05, 0) is 51.9 Å². The van der Waals surface area contributed by atoms with Gasteiger partial charge in [0.05, 0.1) is 6.10 Å². The van der Waals surface area contributed by atoms with Crippen molar-refractivity contribution in [2.45, 2.75) is 83.3 Å². The summed E-state index contributed by atoms with van der Waals surface area (Å²) >= 11 is 0. The fraction of sp³-hybridized carbons (Fsp3) is 0.864. The molecule has 2 rings (SSSR count). The van der Waals surface area contributed by atoms with Crippen LogP contribution >= 0.6 is 24.0 Å². The van der Waals surface area contributed by atoms with Gasteiger partial charge in [0.2, 0.25) is 0 Å². The van der Waals surface area contributed by atoms with Gasteiger partial charge in [-0.1, -0.05) is 25.3 Å². The molecular weight excluding hydrogens is 463 g/mol. The van der Waals surface area contributed by atoms with Crippen LogP contribution in [-0.2, 0) is 4.74 Å². The minimum absolute atomic E-state index is 0. The first-order valence-corrected chi connectivity index (χ1v) is 11.3. The molecule has 2 fully saturated rings. The van der Waals surface area contributed by atoms with E-state index in [0.29, 0.717) is 12.1 Å². The maximum atomic E-state index is 6.01. The van der Waals surface area contributed by atoms with Crippen LogP contribution in [0.2, 0.25) is 0 Å². The summed E-state index contributed by atoms with van der Waals surface area (Å²) in [7, 11) is 0. The van der Waals surface area contributed by atoms with E-state index >= 15 is 0 Å². The van der Waals surface area contributed by atoms with Crippen LogP contribution in [0, 0.1) is 0 Å². The molecule has 1 aliphatic heterocycles. The molecule has 0 unspecified atom stereocenters. The summed E-state index contributed by atoms with van der Waals surface area (Å²) in [6.45, 7) is 12.0. The van der Waals surface area contributed by atoms with Crippen molar-refractivity contribution in [3.05, 3.63) is 12.7 Å². The first-order valence-electron chi connectivity index (χ1n) is 11.3. The number of hydrogen-bond acceptors (Lipinski definition) is 3. The molecule has 2 aliphatic rings. The van der Waals surface area contributed by atoms with Gasteiger partial charge < -0.3 is 15.4 Å². The van der Waals surface area contributed by atoms with Crippen molar-refractivity contribution >= 4 is 29.9 Å². The minimum atomic E-state index is 0. The molecule has 0 radical (unpaired) electrons. The monoisotopic (exact) mass is 506 g/mol. The van der Waals surface area contributed by atoms with Crippen molar-refractivity contribution in [3.8, 4) is 0 Å². The number of guanidine groups is 1. The summed E-state index contributed by atoms with van der Waals surface area (Å²) in [6.07, 6.45) is 15.1. The summed E-state index contributed by atoms with van der Waals surface area (Å²) in [5.41, 5.74) is 0. The van der Waals surface area contributed by atoms with Crippen LogP contribution in [0.4, 0.5) is 0 Å². The fourth-order valence-electron chi connectivity index (χ4n) is 4.02. The lowest BCUT2D eigenvalue weighted by atomic mass is 9.98. The summed E-state index contributed by atoms with van der Waals surface area (Å²) < 4.78 is 6.01. The number of ether oxygens (including phenoxy) is 1. The van der Waals surface area contributed by atoms with E-state index in [1.54, 1.807) is 0 Å². The van der Waals surface area contributed by atoms with Gasteiger partial charge in [0.15, 0.2) is 5.96 Å². The molecule has 1 heterocycles. The Balaban J connectivity index is 0.00000392. The highest BCUT2D eigenvalue weighted by atomic mass is 127. The Morgan fingerprint density at radius 1 is 1.11 bits per heavy atom. The number of piperidine rings is 1. The van der Waals surface area contributed by atoms with Gasteiger partial charge in [-0.15, -0.1) is 30.6 Å². The lowest BCUT2D eigenvalue weighted by Crippen LogP contribution is -2.48. The molecular formula is C22H43IN4O. The van der Waals surface area contributed by atoms with Crippen molar-refractivity contribution in [2.75, 3.05) is 39.3 Å². The Hall–Kier alpha value is -0.340. The molecule has 6 heteroatoms. The molecule has 0 bridgehead atoms. The number of unbranched alkanes of at least 4 members (excludes halogenated alkanes) is 2. The minimum Gasteiger partial charge on any atom is -0.378 e. The standard InChI is InChI=1S/C22H42N4O.HI/c1-3-16-26-17-13-20(14-18-26)25-22(23-4-2)24-15-9-6-10-19-27-21-11-7-5-8-12-21;/h3,20-21H,1,4-19H2,2H3,(H2,23,24,25);1H. The normalized spacial score (nSPS) is 19.8. The Bertz CT molecular complexity index is 419. The lowest BCUT2D eigenvalue weighted by molar-refractivity contribution is 0.0264. The molecule has 0 aromatic rings. The molecule has 1 saturated heterocycles. The van der Waals surface area contributed by atoms with Gasteiger partial charge in [-0.2, -0.15) is 0 Å². The third kappa shape index (κ3) is 11.0. The summed E-state index contributed by atoms with van der Waals surface area (Å²) in [4.78, 5) is 7.24. The Labute approximate surface area is 190 Å². The predicted octanol–water partition coefficient (Wildman–Crippen LogP) is 4.33. The SMILES string of the molecule is C=CCN1CCC(NC(=NCCCCCOC2CCCCC2)NCC)CC1.I. The average Bonchev–Trinajstić information content (AvgIpc) is 2.70. The van der Waals surface area contributed by atoms with Crippen molar-refractivity contribution < 1.29 is 4.74 Å². The molecule has 0 atom stereocenters. The zero-order valence-corrected chi connectivity index (χ0v) is 20.3. The highest BCUT2D eigenvalue weighted by Gasteiger charge is 2.19. The molecule has 0 aromatic carbocycles. The predicted molar refractivity (Wildman–Crippen MR) is 131 cm³/mol. The number of hydrogen-bond donors (Lipinski definition) is 2. The zero-order valence-electron chi connectivity index (χ0n) is 18.0. The fourth-order valence-corrected chi connectivity index (χ4v) is 4.02. The van der Waals surface area contributed by atoms with Gasteiger partial charge in [-0.3, -0.25) is 9.89 Å². The van der Waals surface area contributed by atoms with Gasteiger partial charge >= 0.3 is 0 Å². The summed E-state index contributed by atoms with van der Waals surface area (Å²) in [5, 5.41) is 7.02. The highest BCUT2D eigenvalue weighted by Crippen LogP contribution is 2.20. The summed E-state index contributed by atoms with van der Waals surface area (Å²) in [5.74, 6) is 0.984. The number of rotatable bonds is 11. The van der Waals surface area contributed by atoms with Crippen molar-refractivity contribution in [3.63, 3.8) is 0 Å². The van der Waals surface area contributed by atoms with E-state index in [2.05, 4.69) is 29.0 Å². The Morgan fingerprint density at radius 2 is 1.86 bits per heavy atom. The number of halogens is 1. The van der Waals surface area contributed by atoms with Crippen LogP contribution < -0.4 is 10.6 Å². The smallest absolute Gasteiger partial charge is 0.191 e. The molecule has 5 nitrogen and oxygen atoms in total. The van der Waals surface area contributed by atoms with E-state index in [1.807, 2.05) is 6.08 Å². The highest BCUT2D eigenvalue weighted by molar-refractivity contribution is 14.0. The van der Waals surface area contributed by atoms with E-state index in [4.69, 9.17) is 9.73 Å². The first-order chi connectivity index (χ1) is 13.3.